The van der Waals surface area contributed by atoms with Gasteiger partial charge in [-0.3, -0.25) is 0 Å². The van der Waals surface area contributed by atoms with Gasteiger partial charge in [-0.1, -0.05) is 0 Å². The van der Waals surface area contributed by atoms with Crippen LogP contribution < -0.4 is 0 Å². The standard InChI is InChI=1S/CH2O3.Cr.Na.2H2O.2O.H/c2-1(3)4;;;;;;;/h(H2,2,3,4);;;2*1H2;;;/q;+2;;;;;;/p-2. The van der Waals surface area contributed by atoms with Gasteiger partial charge in [-0.2, -0.15) is 0 Å². The molecule has 0 bridgehead atoms. The summed E-state index contributed by atoms with van der Waals surface area (Å²) >= 11 is -5.25. The van der Waals surface area contributed by atoms with E-state index in [1.807, 2.05) is 0 Å². The van der Waals surface area contributed by atoms with Crippen molar-refractivity contribution in [2.24, 2.45) is 0 Å². The van der Waals surface area contributed by atoms with Gasteiger partial charge in [-0.25, -0.2) is 4.79 Å². The molecule has 0 aliphatic heterocycles. The molecule has 0 unspecified atom stereocenters. The zero-order chi connectivity index (χ0) is 8.08. The van der Waals surface area contributed by atoms with E-state index in [9.17, 15) is 0 Å². The third-order valence-electron chi connectivity index (χ3n) is 0. The summed E-state index contributed by atoms with van der Waals surface area (Å²) in [5.41, 5.74) is 0. The van der Waals surface area contributed by atoms with Crippen LogP contribution in [0.3, 0.4) is 0 Å². The van der Waals surface area contributed by atoms with Crippen molar-refractivity contribution in [3.8, 4) is 0 Å². The van der Waals surface area contributed by atoms with Crippen LogP contribution in [0.4, 0.5) is 4.79 Å². The molecule has 7 nitrogen and oxygen atoms in total. The topological polar surface area (TPSA) is 132 Å². The second kappa shape index (κ2) is 7.43. The van der Waals surface area contributed by atoms with E-state index in [4.69, 9.17) is 30.9 Å². The van der Waals surface area contributed by atoms with Crippen LogP contribution in [0.2, 0.25) is 0 Å². The minimum atomic E-state index is -5.25. The van der Waals surface area contributed by atoms with Crippen LogP contribution in [0, 0.1) is 0 Å². The molecule has 0 saturated carbocycles. The van der Waals surface area contributed by atoms with Crippen LogP contribution in [0.1, 0.15) is 0 Å². The third-order valence-corrected chi connectivity index (χ3v) is 0. The summed E-state index contributed by atoms with van der Waals surface area (Å²) in [7, 11) is 0. The molecule has 0 fully saturated rings. The van der Waals surface area contributed by atoms with Gasteiger partial charge >= 0.3 is 65.2 Å². The fourth-order valence-electron chi connectivity index (χ4n) is 0. The molecule has 0 radical (unpaired) electrons. The van der Waals surface area contributed by atoms with Gasteiger partial charge in [0, 0.05) is 0 Å². The van der Waals surface area contributed by atoms with Crippen molar-refractivity contribution in [1.82, 2.24) is 0 Å². The normalized spacial score (nSPS) is 8.20. The summed E-state index contributed by atoms with van der Waals surface area (Å²) in [6, 6.07) is 0. The Hall–Kier alpha value is 0.322. The van der Waals surface area contributed by atoms with E-state index in [0.717, 1.165) is 0 Å². The van der Waals surface area contributed by atoms with Crippen LogP contribution in [0.25, 0.3) is 0 Å². The van der Waals surface area contributed by atoms with Crippen molar-refractivity contribution in [2.45, 2.75) is 0 Å². The monoisotopic (exact) mass is 204 g/mol. The van der Waals surface area contributed by atoms with Crippen LogP contribution in [0.15, 0.2) is 0 Å². The van der Waals surface area contributed by atoms with Crippen molar-refractivity contribution in [1.29, 1.82) is 0 Å². The fraction of sp³-hybridized carbons (Fsp3) is 0. The van der Waals surface area contributed by atoms with Crippen molar-refractivity contribution >= 4 is 35.7 Å². The number of carboxylic acid groups (broad SMARTS) is 2. The molecule has 0 aliphatic carbocycles. The van der Waals surface area contributed by atoms with Crippen LogP contribution >= 0.6 is 0 Å². The minimum absolute atomic E-state index is 0. The van der Waals surface area contributed by atoms with Crippen LogP contribution in [-0.2, 0) is 21.2 Å². The maximum absolute atomic E-state index is 8.82. The molecule has 0 amide bonds. The zero-order valence-electron chi connectivity index (χ0n) is 3.92. The van der Waals surface area contributed by atoms with Gasteiger partial charge in [0.2, 0.25) is 0 Å². The summed E-state index contributed by atoms with van der Waals surface area (Å²) in [6.07, 6.45) is -1.83. The van der Waals surface area contributed by atoms with Gasteiger partial charge in [0.05, 0.1) is 0 Å². The molecule has 0 aliphatic rings. The van der Waals surface area contributed by atoms with E-state index >= 15 is 0 Å². The first-order valence-electron chi connectivity index (χ1n) is 1.35. The number of carbonyl (C=O) groups is 1. The molecule has 0 atom stereocenters. The summed E-state index contributed by atoms with van der Waals surface area (Å²) in [5, 5.41) is 13.9. The molecular formula is CH5CrNaO7. The first-order valence-corrected chi connectivity index (χ1v) is 3.53. The van der Waals surface area contributed by atoms with Gasteiger partial charge in [-0.15, -0.1) is 0 Å². The van der Waals surface area contributed by atoms with Gasteiger partial charge in [0.15, 0.2) is 0 Å². The summed E-state index contributed by atoms with van der Waals surface area (Å²) in [5.74, 6) is 0. The number of hydrogen-bond donors (Lipinski definition) is 4. The van der Waals surface area contributed by atoms with Crippen molar-refractivity contribution < 1.29 is 44.5 Å². The third kappa shape index (κ3) is 4290. The average Bonchev–Trinajstić information content (AvgIpc) is 1.19. The molecular weight excluding hydrogens is 199 g/mol. The molecule has 0 rings (SSSR count). The van der Waals surface area contributed by atoms with Gasteiger partial charge in [-0.05, 0) is 0 Å². The Kier molecular flexibility index (Phi) is 12.4. The Bertz CT molecular complexity index is 156. The van der Waals surface area contributed by atoms with Gasteiger partial charge in [0.1, 0.15) is 0 Å². The molecule has 4 N–H and O–H groups in total. The van der Waals surface area contributed by atoms with E-state index in [1.165, 1.54) is 0 Å². The predicted molar refractivity (Wildman–Crippen MR) is 23.6 cm³/mol. The quantitative estimate of drug-likeness (QED) is 0.343. The number of hydrogen-bond acceptors (Lipinski definition) is 3. The first kappa shape index (κ1) is 16.7. The first-order chi connectivity index (χ1) is 3.73. The summed E-state index contributed by atoms with van der Waals surface area (Å²) in [6.45, 7) is 0. The Morgan fingerprint density at radius 2 is 1.10 bits per heavy atom. The molecule has 0 aromatic carbocycles. The van der Waals surface area contributed by atoms with E-state index in [2.05, 4.69) is 0 Å². The summed E-state index contributed by atoms with van der Waals surface area (Å²) < 4.78 is 31.9. The van der Waals surface area contributed by atoms with E-state index in [-0.39, 0.29) is 29.6 Å². The van der Waals surface area contributed by atoms with Crippen LogP contribution in [0.5, 0.6) is 0 Å². The van der Waals surface area contributed by atoms with Crippen molar-refractivity contribution in [3.05, 3.63) is 0 Å². The van der Waals surface area contributed by atoms with E-state index < -0.39 is 19.8 Å². The Morgan fingerprint density at radius 1 is 1.10 bits per heavy atom. The van der Waals surface area contributed by atoms with Crippen LogP contribution in [-0.4, -0.2) is 54.2 Å². The second-order valence-electron chi connectivity index (χ2n) is 0.730. The Morgan fingerprint density at radius 3 is 1.10 bits per heavy atom. The number of rotatable bonds is 0. The van der Waals surface area contributed by atoms with Gasteiger partial charge in [0.25, 0.3) is 0 Å². The molecule has 58 valence electrons. The molecule has 0 heterocycles. The van der Waals surface area contributed by atoms with E-state index in [1.54, 1.807) is 0 Å². The maximum atomic E-state index is 8.82. The Labute approximate surface area is 80.0 Å². The van der Waals surface area contributed by atoms with Crippen molar-refractivity contribution in [3.63, 3.8) is 0 Å². The molecule has 0 saturated heterocycles. The molecule has 0 aromatic rings. The molecule has 0 aromatic heterocycles. The average molecular weight is 204 g/mol. The zero-order valence-corrected chi connectivity index (χ0v) is 5.20. The Balaban J connectivity index is -0.0000000910. The summed E-state index contributed by atoms with van der Waals surface area (Å²) in [4.78, 5) is 8.56. The SMILES string of the molecule is O=C(O)O.[NaH].[O]=[Cr](=[O])([OH])[OH]. The second-order valence-corrected chi connectivity index (χ2v) is 2.13. The van der Waals surface area contributed by atoms with E-state index in [0.29, 0.717) is 0 Å². The molecule has 0 spiro atoms. The molecule has 10 heavy (non-hydrogen) atoms. The molecule has 9 heteroatoms. The van der Waals surface area contributed by atoms with Crippen molar-refractivity contribution in [2.75, 3.05) is 0 Å². The predicted octanol–water partition coefficient (Wildman–Crippen LogP) is -1.78. The fourth-order valence-corrected chi connectivity index (χ4v) is 0. The van der Waals surface area contributed by atoms with Gasteiger partial charge < -0.3 is 10.2 Å².